The van der Waals surface area contributed by atoms with Crippen molar-refractivity contribution < 1.29 is 67.8 Å². The van der Waals surface area contributed by atoms with Crippen LogP contribution in [0.25, 0.3) is 11.1 Å². The Kier molecular flexibility index (Phi) is 10.7. The third kappa shape index (κ3) is 8.46. The SMILES string of the molecule is COc1ccc(-c2cc([C@H](OC(=O)NC3CC3)C(F)(F)F)ccc2F)cc1C(=O)N[C@@H]1C2CCC(/C2=C/C2CC(F)(F)C2)[C@@H]1C(=O)Nc1ccc(F)c(C(F)(F)F)c1. The summed E-state index contributed by atoms with van der Waals surface area (Å²) >= 11 is 0. The summed E-state index contributed by atoms with van der Waals surface area (Å²) in [5, 5.41) is 7.48. The van der Waals surface area contributed by atoms with Gasteiger partial charge in [0.25, 0.3) is 5.91 Å². The summed E-state index contributed by atoms with van der Waals surface area (Å²) in [6.07, 6.45) is -11.5. The number of alkyl halides is 8. The number of methoxy groups -OCH3 is 1. The minimum Gasteiger partial charge on any atom is -0.496 e. The summed E-state index contributed by atoms with van der Waals surface area (Å²) in [6, 6.07) is 6.64. The highest BCUT2D eigenvalue weighted by atomic mass is 19.4. The van der Waals surface area contributed by atoms with Crippen molar-refractivity contribution in [2.75, 3.05) is 12.4 Å². The number of nitrogens with one attached hydrogen (secondary N) is 3. The number of carbonyl (C=O) groups is 3. The molecule has 3 N–H and O–H groups in total. The van der Waals surface area contributed by atoms with Crippen molar-refractivity contribution >= 4 is 23.6 Å². The van der Waals surface area contributed by atoms with Gasteiger partial charge in [0, 0.05) is 47.7 Å². The lowest BCUT2D eigenvalue weighted by Crippen LogP contribution is -2.48. The van der Waals surface area contributed by atoms with Gasteiger partial charge in [-0.25, -0.2) is 22.4 Å². The number of hydrogen-bond donors (Lipinski definition) is 3. The maximum atomic E-state index is 15.3. The standard InChI is InChI=1S/C40H35F10N3O5/c1-57-31-11-3-19(25-14-20(2-9-29(25)41)34(40(48,49)50)58-37(56)52-21-4-5-21)13-27(31)35(54)53-33-24-8-7-23(26(24)12-18-16-38(43,44)17-18)32(33)36(55)51-22-6-10-30(42)28(15-22)39(45,46)47/h2-3,6,9-15,18,21,23-24,32-34H,4-5,7-8,16-17H2,1H3,(H,51,55)(H,52,56)(H,53,54)/b26-12-/t23?,24?,32-,33+,34-/m0/s1. The fraction of sp³-hybridized carbons (Fsp3) is 0.425. The van der Waals surface area contributed by atoms with Crippen LogP contribution in [0.3, 0.4) is 0 Å². The molecule has 8 nitrogen and oxygen atoms in total. The summed E-state index contributed by atoms with van der Waals surface area (Å²) in [6.45, 7) is 0. The van der Waals surface area contributed by atoms with Crippen molar-refractivity contribution in [1.29, 1.82) is 0 Å². The van der Waals surface area contributed by atoms with E-state index in [2.05, 4.69) is 16.0 Å². The van der Waals surface area contributed by atoms with Gasteiger partial charge < -0.3 is 25.4 Å². The third-order valence-corrected chi connectivity index (χ3v) is 11.1. The zero-order valence-corrected chi connectivity index (χ0v) is 30.4. The predicted molar refractivity (Wildman–Crippen MR) is 187 cm³/mol. The number of ether oxygens (including phenoxy) is 2. The topological polar surface area (TPSA) is 106 Å². The first-order valence-electron chi connectivity index (χ1n) is 18.3. The van der Waals surface area contributed by atoms with Crippen molar-refractivity contribution in [2.45, 2.75) is 75.0 Å². The number of fused-ring (bicyclic) bond motifs is 2. The molecule has 4 fully saturated rings. The van der Waals surface area contributed by atoms with Gasteiger partial charge in [0.05, 0.1) is 24.2 Å². The predicted octanol–water partition coefficient (Wildman–Crippen LogP) is 9.52. The zero-order valence-electron chi connectivity index (χ0n) is 30.4. The fourth-order valence-corrected chi connectivity index (χ4v) is 8.24. The highest BCUT2D eigenvalue weighted by Gasteiger charge is 2.56. The molecule has 4 saturated carbocycles. The van der Waals surface area contributed by atoms with Gasteiger partial charge in [0.15, 0.2) is 0 Å². The molecule has 0 heterocycles. The summed E-state index contributed by atoms with van der Waals surface area (Å²) in [4.78, 5) is 40.2. The van der Waals surface area contributed by atoms with Gasteiger partial charge in [-0.05, 0) is 85.5 Å². The molecule has 2 bridgehead atoms. The maximum Gasteiger partial charge on any atom is 0.429 e. The third-order valence-electron chi connectivity index (χ3n) is 11.1. The molecule has 0 aliphatic heterocycles. The average Bonchev–Trinajstić information content (AvgIpc) is 3.80. The second kappa shape index (κ2) is 15.1. The highest BCUT2D eigenvalue weighted by molar-refractivity contribution is 6.00. The smallest absolute Gasteiger partial charge is 0.429 e. The Hall–Kier alpha value is -5.29. The number of benzene rings is 3. The van der Waals surface area contributed by atoms with Crippen molar-refractivity contribution in [3.63, 3.8) is 0 Å². The number of halogens is 10. The van der Waals surface area contributed by atoms with Crippen LogP contribution < -0.4 is 20.7 Å². The Balaban J connectivity index is 1.19. The number of hydrogen-bond acceptors (Lipinski definition) is 5. The molecule has 4 aliphatic rings. The molecule has 18 heteroatoms. The lowest BCUT2D eigenvalue weighted by molar-refractivity contribution is -0.206. The van der Waals surface area contributed by atoms with Crippen molar-refractivity contribution in [1.82, 2.24) is 10.6 Å². The molecule has 3 aromatic carbocycles. The molecule has 4 aliphatic carbocycles. The Labute approximate surface area is 324 Å². The van der Waals surface area contributed by atoms with Crippen LogP contribution in [0, 0.1) is 35.3 Å². The molecule has 310 valence electrons. The van der Waals surface area contributed by atoms with E-state index in [1.54, 1.807) is 6.08 Å². The summed E-state index contributed by atoms with van der Waals surface area (Å²) in [7, 11) is 1.21. The fourth-order valence-electron chi connectivity index (χ4n) is 8.24. The van der Waals surface area contributed by atoms with Crippen LogP contribution in [0.5, 0.6) is 5.75 Å². The largest absolute Gasteiger partial charge is 0.496 e. The number of amides is 3. The maximum absolute atomic E-state index is 15.3. The van der Waals surface area contributed by atoms with E-state index in [0.29, 0.717) is 43.4 Å². The summed E-state index contributed by atoms with van der Waals surface area (Å²) in [5.74, 6) is -10.00. The normalized spacial score (nSPS) is 23.9. The first kappa shape index (κ1) is 40.9. The van der Waals surface area contributed by atoms with Crippen LogP contribution in [0.4, 0.5) is 54.4 Å². The molecule has 0 spiro atoms. The second-order valence-electron chi connectivity index (χ2n) is 15.1. The molecule has 3 aromatic rings. The monoisotopic (exact) mass is 827 g/mol. The van der Waals surface area contributed by atoms with Gasteiger partial charge in [0.2, 0.25) is 17.9 Å². The molecule has 0 aromatic heterocycles. The van der Waals surface area contributed by atoms with Crippen LogP contribution in [0.15, 0.2) is 66.2 Å². The second-order valence-corrected chi connectivity index (χ2v) is 15.1. The van der Waals surface area contributed by atoms with Crippen LogP contribution in [0.1, 0.15) is 66.1 Å². The first-order chi connectivity index (χ1) is 27.2. The van der Waals surface area contributed by atoms with Crippen LogP contribution in [0.2, 0.25) is 0 Å². The van der Waals surface area contributed by atoms with Crippen molar-refractivity contribution in [3.8, 4) is 16.9 Å². The van der Waals surface area contributed by atoms with E-state index >= 15 is 4.39 Å². The molecule has 0 saturated heterocycles. The van der Waals surface area contributed by atoms with E-state index in [0.717, 1.165) is 30.3 Å². The lowest BCUT2D eigenvalue weighted by atomic mass is 9.79. The number of carbonyl (C=O) groups excluding carboxylic acids is 3. The molecule has 2 unspecified atom stereocenters. The quantitative estimate of drug-likeness (QED) is 0.140. The van der Waals surface area contributed by atoms with Gasteiger partial charge in [-0.15, -0.1) is 0 Å². The van der Waals surface area contributed by atoms with Crippen molar-refractivity contribution in [3.05, 3.63) is 94.6 Å². The number of alkyl carbamates (subject to hydrolysis) is 1. The molecule has 3 amide bonds. The average molecular weight is 828 g/mol. The van der Waals surface area contributed by atoms with E-state index in [9.17, 15) is 53.9 Å². The van der Waals surface area contributed by atoms with Gasteiger partial charge in [-0.3, -0.25) is 9.59 Å². The van der Waals surface area contributed by atoms with Crippen molar-refractivity contribution in [2.24, 2.45) is 23.7 Å². The lowest BCUT2D eigenvalue weighted by Gasteiger charge is -2.33. The van der Waals surface area contributed by atoms with Crippen LogP contribution >= 0.6 is 0 Å². The van der Waals surface area contributed by atoms with Gasteiger partial charge >= 0.3 is 18.4 Å². The van der Waals surface area contributed by atoms with Gasteiger partial charge in [-0.1, -0.05) is 23.8 Å². The van der Waals surface area contributed by atoms with Crippen LogP contribution in [-0.4, -0.2) is 49.2 Å². The molecule has 5 atom stereocenters. The van der Waals surface area contributed by atoms with E-state index < -0.39 is 113 Å². The van der Waals surface area contributed by atoms with E-state index in [4.69, 9.17) is 9.47 Å². The van der Waals surface area contributed by atoms with Gasteiger partial charge in [0.1, 0.15) is 17.4 Å². The number of anilines is 1. The summed E-state index contributed by atoms with van der Waals surface area (Å²) < 4.78 is 150. The number of rotatable bonds is 10. The Bertz CT molecular complexity index is 2140. The highest BCUT2D eigenvalue weighted by Crippen LogP contribution is 2.55. The van der Waals surface area contributed by atoms with Crippen LogP contribution in [-0.2, 0) is 15.7 Å². The van der Waals surface area contributed by atoms with E-state index in [1.165, 1.54) is 19.2 Å². The first-order valence-corrected chi connectivity index (χ1v) is 18.3. The Morgan fingerprint density at radius 1 is 0.845 bits per heavy atom. The Morgan fingerprint density at radius 2 is 1.53 bits per heavy atom. The van der Waals surface area contributed by atoms with Gasteiger partial charge in [-0.2, -0.15) is 26.3 Å². The molecule has 58 heavy (non-hydrogen) atoms. The number of allylic oxidation sites excluding steroid dienone is 1. The summed E-state index contributed by atoms with van der Waals surface area (Å²) in [5.41, 5.74) is -2.70. The van der Waals surface area contributed by atoms with E-state index in [-0.39, 0.29) is 28.6 Å². The zero-order chi connectivity index (χ0) is 41.9. The van der Waals surface area contributed by atoms with E-state index in [1.807, 2.05) is 0 Å². The minimum absolute atomic E-state index is 0.0614. The molecular weight excluding hydrogens is 792 g/mol. The Morgan fingerprint density at radius 3 is 2.17 bits per heavy atom. The molecule has 7 rings (SSSR count). The molecule has 0 radical (unpaired) electrons. The molecular formula is C40H35F10N3O5. The minimum atomic E-state index is -5.09.